The monoisotopic (exact) mass is 585 g/mol. The molecular formula is C26H40IN3O4. The van der Waals surface area contributed by atoms with Crippen molar-refractivity contribution in [1.82, 2.24) is 10.2 Å². The summed E-state index contributed by atoms with van der Waals surface area (Å²) < 4.78 is 0.655. The van der Waals surface area contributed by atoms with Crippen LogP contribution in [0.1, 0.15) is 75.6 Å². The minimum atomic E-state index is -0.765. The topological polar surface area (TPSA) is 83.6 Å². The Morgan fingerprint density at radius 1 is 1.00 bits per heavy atom. The van der Waals surface area contributed by atoms with Gasteiger partial charge in [-0.05, 0) is 32.1 Å². The van der Waals surface area contributed by atoms with Crippen molar-refractivity contribution < 1.29 is 47.6 Å². The van der Waals surface area contributed by atoms with Crippen molar-refractivity contribution in [2.75, 3.05) is 33.2 Å². The Morgan fingerprint density at radius 2 is 1.59 bits per heavy atom. The van der Waals surface area contributed by atoms with Gasteiger partial charge < -0.3 is 33.8 Å². The maximum Gasteiger partial charge on any atom is 0.275 e. The van der Waals surface area contributed by atoms with E-state index in [1.807, 2.05) is 0 Å². The molecule has 0 radical (unpaired) electrons. The smallest absolute Gasteiger partial charge is 0.275 e. The molecule has 1 saturated heterocycles. The predicted octanol–water partition coefficient (Wildman–Crippen LogP) is 0.334. The molecule has 34 heavy (non-hydrogen) atoms. The third-order valence-electron chi connectivity index (χ3n) is 6.37. The average molecular weight is 586 g/mol. The number of likely N-dealkylation sites (tertiary alicyclic amines) is 1. The lowest BCUT2D eigenvalue weighted by atomic mass is 10.0. The zero-order chi connectivity index (χ0) is 24.3. The molecule has 7 nitrogen and oxygen atoms in total. The molecule has 0 saturated carbocycles. The number of piperidine rings is 1. The number of nitrogens with one attached hydrogen (secondary N) is 1. The van der Waals surface area contributed by atoms with Crippen molar-refractivity contribution in [3.05, 3.63) is 35.9 Å². The molecule has 1 N–H and O–H groups in total. The van der Waals surface area contributed by atoms with Crippen molar-refractivity contribution >= 4 is 23.5 Å². The van der Waals surface area contributed by atoms with Gasteiger partial charge in [-0.3, -0.25) is 24.1 Å². The molecule has 0 aromatic heterocycles. The SMILES string of the molecule is CCCCC[N+](C)(CCCCC)CC(=O)NC1CCC(=O)N(CC(=O)c2ccccc2)C1=O.[I-]. The molecular weight excluding hydrogens is 545 g/mol. The summed E-state index contributed by atoms with van der Waals surface area (Å²) in [6.45, 7) is 6.21. The second-order valence-corrected chi connectivity index (χ2v) is 9.41. The summed E-state index contributed by atoms with van der Waals surface area (Å²) >= 11 is 0. The number of carbonyl (C=O) groups excluding carboxylic acids is 4. The summed E-state index contributed by atoms with van der Waals surface area (Å²) in [7, 11) is 2.11. The first-order valence-electron chi connectivity index (χ1n) is 12.3. The second kappa shape index (κ2) is 15.2. The molecule has 0 bridgehead atoms. The van der Waals surface area contributed by atoms with Gasteiger partial charge in [-0.2, -0.15) is 0 Å². The number of hydrogen-bond donors (Lipinski definition) is 1. The summed E-state index contributed by atoms with van der Waals surface area (Å²) in [6, 6.07) is 7.85. The first kappa shape index (κ1) is 30.2. The molecule has 1 atom stereocenters. The fourth-order valence-corrected chi connectivity index (χ4v) is 4.34. The van der Waals surface area contributed by atoms with Crippen LogP contribution in [0.15, 0.2) is 30.3 Å². The maximum atomic E-state index is 13.0. The molecule has 190 valence electrons. The van der Waals surface area contributed by atoms with Crippen LogP contribution < -0.4 is 29.3 Å². The van der Waals surface area contributed by atoms with E-state index in [9.17, 15) is 19.2 Å². The highest BCUT2D eigenvalue weighted by molar-refractivity contribution is 6.07. The van der Waals surface area contributed by atoms with E-state index >= 15 is 0 Å². The van der Waals surface area contributed by atoms with Gasteiger partial charge in [0.2, 0.25) is 5.91 Å². The maximum absolute atomic E-state index is 13.0. The lowest BCUT2D eigenvalue weighted by Gasteiger charge is -2.35. The molecule has 1 aromatic carbocycles. The van der Waals surface area contributed by atoms with Crippen LogP contribution in [-0.2, 0) is 14.4 Å². The molecule has 1 aliphatic heterocycles. The number of hydrogen-bond acceptors (Lipinski definition) is 4. The van der Waals surface area contributed by atoms with Gasteiger partial charge in [-0.1, -0.05) is 57.0 Å². The minimum Gasteiger partial charge on any atom is -1.00 e. The number of ketones is 1. The molecule has 1 aliphatic rings. The fourth-order valence-electron chi connectivity index (χ4n) is 4.34. The van der Waals surface area contributed by atoms with E-state index in [4.69, 9.17) is 0 Å². The Hall–Kier alpha value is -1.81. The Morgan fingerprint density at radius 3 is 2.15 bits per heavy atom. The van der Waals surface area contributed by atoms with Crippen LogP contribution in [-0.4, -0.2) is 72.2 Å². The number of quaternary nitrogens is 1. The number of nitrogens with zero attached hydrogens (tertiary/aromatic N) is 2. The number of Topliss-reactive ketones (excluding diaryl/α,β-unsaturated/α-hetero) is 1. The summed E-state index contributed by atoms with van der Waals surface area (Å²) in [5.74, 6) is -1.32. The summed E-state index contributed by atoms with van der Waals surface area (Å²) in [5, 5.41) is 2.86. The molecule has 1 aromatic rings. The van der Waals surface area contributed by atoms with Gasteiger partial charge in [0.1, 0.15) is 6.04 Å². The second-order valence-electron chi connectivity index (χ2n) is 9.41. The van der Waals surface area contributed by atoms with E-state index in [1.165, 1.54) is 0 Å². The largest absolute Gasteiger partial charge is 1.00 e. The number of imide groups is 1. The fraction of sp³-hybridized carbons (Fsp3) is 0.615. The van der Waals surface area contributed by atoms with Crippen molar-refractivity contribution in [2.24, 2.45) is 0 Å². The van der Waals surface area contributed by atoms with Gasteiger partial charge in [0.05, 0.1) is 26.7 Å². The number of halogens is 1. The molecule has 8 heteroatoms. The van der Waals surface area contributed by atoms with Gasteiger partial charge >= 0.3 is 0 Å². The van der Waals surface area contributed by atoms with Gasteiger partial charge in [-0.25, -0.2) is 0 Å². The van der Waals surface area contributed by atoms with E-state index in [0.29, 0.717) is 16.6 Å². The Bertz CT molecular complexity index is 806. The summed E-state index contributed by atoms with van der Waals surface area (Å²) in [6.07, 6.45) is 7.07. The van der Waals surface area contributed by atoms with Crippen LogP contribution in [0.2, 0.25) is 0 Å². The quantitative estimate of drug-likeness (QED) is 0.112. The Kier molecular flexibility index (Phi) is 13.5. The summed E-state index contributed by atoms with van der Waals surface area (Å²) in [5.41, 5.74) is 0.455. The number of benzene rings is 1. The lowest BCUT2D eigenvalue weighted by molar-refractivity contribution is -0.902. The molecule has 0 spiro atoms. The van der Waals surface area contributed by atoms with E-state index in [2.05, 4.69) is 26.2 Å². The van der Waals surface area contributed by atoms with Crippen molar-refractivity contribution in [3.63, 3.8) is 0 Å². The molecule has 1 unspecified atom stereocenters. The van der Waals surface area contributed by atoms with E-state index < -0.39 is 11.9 Å². The predicted molar refractivity (Wildman–Crippen MR) is 128 cm³/mol. The number of carbonyl (C=O) groups is 4. The van der Waals surface area contributed by atoms with Gasteiger partial charge in [0, 0.05) is 12.0 Å². The first-order chi connectivity index (χ1) is 15.8. The molecule has 3 amide bonds. The first-order valence-corrected chi connectivity index (χ1v) is 12.3. The number of unbranched alkanes of at least 4 members (excludes halogenated alkanes) is 4. The molecule has 0 aliphatic carbocycles. The van der Waals surface area contributed by atoms with Crippen LogP contribution in [0.25, 0.3) is 0 Å². The third kappa shape index (κ3) is 9.44. The van der Waals surface area contributed by atoms with Gasteiger partial charge in [0.15, 0.2) is 12.3 Å². The van der Waals surface area contributed by atoms with E-state index in [-0.39, 0.29) is 61.0 Å². The molecule has 2 rings (SSSR count). The van der Waals surface area contributed by atoms with Crippen LogP contribution >= 0.6 is 0 Å². The normalized spacial score (nSPS) is 16.2. The number of amides is 3. The Balaban J connectivity index is 0.00000578. The average Bonchev–Trinajstić information content (AvgIpc) is 2.79. The van der Waals surface area contributed by atoms with Gasteiger partial charge in [0.25, 0.3) is 11.8 Å². The van der Waals surface area contributed by atoms with Crippen LogP contribution in [0.4, 0.5) is 0 Å². The number of rotatable bonds is 14. The van der Waals surface area contributed by atoms with Crippen molar-refractivity contribution in [2.45, 2.75) is 71.3 Å². The van der Waals surface area contributed by atoms with Crippen LogP contribution in [0, 0.1) is 0 Å². The summed E-state index contributed by atoms with van der Waals surface area (Å²) in [4.78, 5) is 51.8. The molecule has 1 fully saturated rings. The van der Waals surface area contributed by atoms with Crippen LogP contribution in [0.5, 0.6) is 0 Å². The highest BCUT2D eigenvalue weighted by atomic mass is 127. The van der Waals surface area contributed by atoms with Crippen LogP contribution in [0.3, 0.4) is 0 Å². The Labute approximate surface area is 221 Å². The highest BCUT2D eigenvalue weighted by Gasteiger charge is 2.37. The highest BCUT2D eigenvalue weighted by Crippen LogP contribution is 2.16. The zero-order valence-electron chi connectivity index (χ0n) is 20.9. The van der Waals surface area contributed by atoms with E-state index in [0.717, 1.165) is 56.5 Å². The minimum absolute atomic E-state index is 0. The van der Waals surface area contributed by atoms with Crippen molar-refractivity contribution in [3.8, 4) is 0 Å². The van der Waals surface area contributed by atoms with E-state index in [1.54, 1.807) is 30.3 Å². The molecule has 1 heterocycles. The third-order valence-corrected chi connectivity index (χ3v) is 6.37. The lowest BCUT2D eigenvalue weighted by Crippen LogP contribution is -3.00. The number of likely N-dealkylation sites (N-methyl/N-ethyl adjacent to an activating group) is 1. The van der Waals surface area contributed by atoms with Gasteiger partial charge in [-0.15, -0.1) is 0 Å². The standard InChI is InChI=1S/C26H39N3O4.HI/c1-4-6-11-17-29(3,18-12-7-5-2)20-24(31)27-22-15-16-25(32)28(26(22)33)19-23(30)21-13-9-8-10-14-21;/h8-10,13-14,22H,4-7,11-12,15-20H2,1-3H3;1H. The zero-order valence-corrected chi connectivity index (χ0v) is 23.0. The van der Waals surface area contributed by atoms with Crippen molar-refractivity contribution in [1.29, 1.82) is 0 Å².